The highest BCUT2D eigenvalue weighted by Gasteiger charge is 2.11. The van der Waals surface area contributed by atoms with Crippen LogP contribution in [0.4, 0.5) is 5.69 Å². The summed E-state index contributed by atoms with van der Waals surface area (Å²) >= 11 is 0. The smallest absolute Gasteiger partial charge is 0.0418 e. The van der Waals surface area contributed by atoms with Gasteiger partial charge in [0.05, 0.1) is 0 Å². The molecule has 0 atom stereocenters. The molecule has 0 unspecified atom stereocenters. The van der Waals surface area contributed by atoms with E-state index in [1.165, 1.54) is 55.3 Å². The van der Waals surface area contributed by atoms with Crippen molar-refractivity contribution in [2.75, 3.05) is 18.4 Å². The van der Waals surface area contributed by atoms with Gasteiger partial charge in [0.25, 0.3) is 0 Å². The quantitative estimate of drug-likeness (QED) is 0.717. The summed E-state index contributed by atoms with van der Waals surface area (Å²) in [4.78, 5) is 0. The lowest BCUT2D eigenvalue weighted by atomic mass is 9.99. The fourth-order valence-electron chi connectivity index (χ4n) is 2.63. The predicted octanol–water partition coefficient (Wildman–Crippen LogP) is 3.71. The van der Waals surface area contributed by atoms with Crippen LogP contribution in [0.5, 0.6) is 0 Å². The zero-order chi connectivity index (χ0) is 12.6. The lowest BCUT2D eigenvalue weighted by Gasteiger charge is -2.21. The van der Waals surface area contributed by atoms with Crippen molar-refractivity contribution in [3.05, 3.63) is 29.3 Å². The Balaban J connectivity index is 1.79. The maximum absolute atomic E-state index is 3.57. The summed E-state index contributed by atoms with van der Waals surface area (Å²) in [6.07, 6.45) is 7.83. The fourth-order valence-corrected chi connectivity index (χ4v) is 2.63. The van der Waals surface area contributed by atoms with E-state index in [0.29, 0.717) is 0 Å². The Labute approximate surface area is 111 Å². The molecule has 0 bridgehead atoms. The summed E-state index contributed by atoms with van der Waals surface area (Å²) in [5.74, 6) is 0. The molecule has 2 nitrogen and oxygen atoms in total. The first kappa shape index (κ1) is 13.4. The van der Waals surface area contributed by atoms with Gasteiger partial charge in [-0.3, -0.25) is 0 Å². The molecule has 0 saturated heterocycles. The second-order valence-corrected chi connectivity index (χ2v) is 5.22. The molecule has 0 aliphatic carbocycles. The van der Waals surface area contributed by atoms with Gasteiger partial charge < -0.3 is 10.6 Å². The molecule has 2 heteroatoms. The van der Waals surface area contributed by atoms with Gasteiger partial charge in [0.15, 0.2) is 0 Å². The average Bonchev–Trinajstić information content (AvgIpc) is 2.43. The summed E-state index contributed by atoms with van der Waals surface area (Å²) in [7, 11) is 0. The predicted molar refractivity (Wildman–Crippen MR) is 79.1 cm³/mol. The first-order valence-electron chi connectivity index (χ1n) is 7.47. The number of fused-ring (bicyclic) bond motifs is 1. The van der Waals surface area contributed by atoms with Gasteiger partial charge in [-0.25, -0.2) is 0 Å². The Kier molecular flexibility index (Phi) is 5.53. The van der Waals surface area contributed by atoms with Gasteiger partial charge in [0.1, 0.15) is 0 Å². The van der Waals surface area contributed by atoms with Gasteiger partial charge in [-0.1, -0.05) is 44.4 Å². The molecular formula is C16H26N2. The third-order valence-corrected chi connectivity index (χ3v) is 3.68. The van der Waals surface area contributed by atoms with E-state index in [2.05, 4.69) is 35.8 Å². The van der Waals surface area contributed by atoms with E-state index in [4.69, 9.17) is 0 Å². The van der Waals surface area contributed by atoms with Crippen molar-refractivity contribution in [2.24, 2.45) is 0 Å². The summed E-state index contributed by atoms with van der Waals surface area (Å²) < 4.78 is 0. The van der Waals surface area contributed by atoms with Gasteiger partial charge in [0.2, 0.25) is 0 Å². The molecule has 1 aromatic rings. The van der Waals surface area contributed by atoms with Crippen molar-refractivity contribution >= 4 is 5.69 Å². The lowest BCUT2D eigenvalue weighted by Crippen LogP contribution is -2.19. The molecule has 0 fully saturated rings. The van der Waals surface area contributed by atoms with Crippen molar-refractivity contribution in [1.82, 2.24) is 5.32 Å². The maximum atomic E-state index is 3.57. The SMILES string of the molecule is CCCCCCNCc1cccc2c1NCCC2. The molecule has 100 valence electrons. The Morgan fingerprint density at radius 2 is 2.17 bits per heavy atom. The van der Waals surface area contributed by atoms with Gasteiger partial charge in [0, 0.05) is 18.8 Å². The number of rotatable bonds is 7. The largest absolute Gasteiger partial charge is 0.385 e. The van der Waals surface area contributed by atoms with Gasteiger partial charge in [-0.2, -0.15) is 0 Å². The van der Waals surface area contributed by atoms with E-state index in [9.17, 15) is 0 Å². The van der Waals surface area contributed by atoms with Crippen LogP contribution >= 0.6 is 0 Å². The molecule has 0 saturated carbocycles. The Morgan fingerprint density at radius 1 is 1.22 bits per heavy atom. The van der Waals surface area contributed by atoms with E-state index in [0.717, 1.165) is 19.6 Å². The zero-order valence-corrected chi connectivity index (χ0v) is 11.6. The number of hydrogen-bond donors (Lipinski definition) is 2. The number of aryl methyl sites for hydroxylation is 1. The third-order valence-electron chi connectivity index (χ3n) is 3.68. The van der Waals surface area contributed by atoms with Crippen molar-refractivity contribution < 1.29 is 0 Å². The molecule has 1 heterocycles. The maximum Gasteiger partial charge on any atom is 0.0418 e. The molecular weight excluding hydrogens is 220 g/mol. The van der Waals surface area contributed by atoms with E-state index < -0.39 is 0 Å². The highest BCUT2D eigenvalue weighted by Crippen LogP contribution is 2.25. The standard InChI is InChI=1S/C16H26N2/c1-2-3-4-5-11-17-13-15-9-6-8-14-10-7-12-18-16(14)15/h6,8-9,17-18H,2-5,7,10-13H2,1H3. The van der Waals surface area contributed by atoms with E-state index in [1.807, 2.05) is 0 Å². The first-order chi connectivity index (χ1) is 8.92. The molecule has 0 radical (unpaired) electrons. The van der Waals surface area contributed by atoms with Crippen LogP contribution in [-0.4, -0.2) is 13.1 Å². The lowest BCUT2D eigenvalue weighted by molar-refractivity contribution is 0.598. The Morgan fingerprint density at radius 3 is 3.06 bits per heavy atom. The van der Waals surface area contributed by atoms with Crippen molar-refractivity contribution in [2.45, 2.75) is 52.0 Å². The monoisotopic (exact) mass is 246 g/mol. The molecule has 18 heavy (non-hydrogen) atoms. The van der Waals surface area contributed by atoms with Crippen LogP contribution in [0.2, 0.25) is 0 Å². The van der Waals surface area contributed by atoms with Crippen LogP contribution in [-0.2, 0) is 13.0 Å². The Bertz CT molecular complexity index is 360. The molecule has 0 aromatic heterocycles. The molecule has 1 aliphatic heterocycles. The minimum absolute atomic E-state index is 1.00. The van der Waals surface area contributed by atoms with Crippen LogP contribution in [0.1, 0.15) is 50.2 Å². The van der Waals surface area contributed by atoms with E-state index >= 15 is 0 Å². The van der Waals surface area contributed by atoms with Crippen LogP contribution in [0.3, 0.4) is 0 Å². The average molecular weight is 246 g/mol. The second-order valence-electron chi connectivity index (χ2n) is 5.22. The van der Waals surface area contributed by atoms with Crippen molar-refractivity contribution in [3.8, 4) is 0 Å². The molecule has 2 rings (SSSR count). The number of nitrogens with one attached hydrogen (secondary N) is 2. The number of anilines is 1. The fraction of sp³-hybridized carbons (Fsp3) is 0.625. The number of hydrogen-bond acceptors (Lipinski definition) is 2. The number of unbranched alkanes of at least 4 members (excludes halogenated alkanes) is 3. The topological polar surface area (TPSA) is 24.1 Å². The van der Waals surface area contributed by atoms with Crippen LogP contribution in [0.25, 0.3) is 0 Å². The molecule has 2 N–H and O–H groups in total. The third kappa shape index (κ3) is 3.74. The van der Waals surface area contributed by atoms with E-state index in [1.54, 1.807) is 0 Å². The normalized spacial score (nSPS) is 14.1. The second kappa shape index (κ2) is 7.42. The molecule has 1 aliphatic rings. The molecule has 1 aromatic carbocycles. The summed E-state index contributed by atoms with van der Waals surface area (Å²) in [6, 6.07) is 6.70. The van der Waals surface area contributed by atoms with Crippen molar-refractivity contribution in [3.63, 3.8) is 0 Å². The molecule has 0 spiro atoms. The van der Waals surface area contributed by atoms with Crippen LogP contribution in [0.15, 0.2) is 18.2 Å². The van der Waals surface area contributed by atoms with Crippen molar-refractivity contribution in [1.29, 1.82) is 0 Å². The molecule has 0 amide bonds. The van der Waals surface area contributed by atoms with Crippen LogP contribution in [0, 0.1) is 0 Å². The Hall–Kier alpha value is -1.02. The summed E-state index contributed by atoms with van der Waals surface area (Å²) in [5.41, 5.74) is 4.32. The number of para-hydroxylation sites is 1. The first-order valence-corrected chi connectivity index (χ1v) is 7.47. The minimum Gasteiger partial charge on any atom is -0.385 e. The minimum atomic E-state index is 1.00. The number of benzene rings is 1. The van der Waals surface area contributed by atoms with E-state index in [-0.39, 0.29) is 0 Å². The van der Waals surface area contributed by atoms with Crippen LogP contribution < -0.4 is 10.6 Å². The van der Waals surface area contributed by atoms with Gasteiger partial charge in [-0.05, 0) is 36.9 Å². The summed E-state index contributed by atoms with van der Waals surface area (Å²) in [5, 5.41) is 7.12. The highest BCUT2D eigenvalue weighted by atomic mass is 14.9. The van der Waals surface area contributed by atoms with Gasteiger partial charge >= 0.3 is 0 Å². The summed E-state index contributed by atoms with van der Waals surface area (Å²) in [6.45, 7) is 5.53. The highest BCUT2D eigenvalue weighted by molar-refractivity contribution is 5.59. The van der Waals surface area contributed by atoms with Gasteiger partial charge in [-0.15, -0.1) is 0 Å². The zero-order valence-electron chi connectivity index (χ0n) is 11.6.